The number of hydrogen-bond donors (Lipinski definition) is 2. The topological polar surface area (TPSA) is 98.8 Å². The molecule has 0 aromatic heterocycles. The van der Waals surface area contributed by atoms with Crippen molar-refractivity contribution in [2.24, 2.45) is 5.73 Å². The van der Waals surface area contributed by atoms with Crippen LogP contribution in [-0.2, 0) is 15.1 Å². The van der Waals surface area contributed by atoms with Crippen molar-refractivity contribution < 1.29 is 24.2 Å². The van der Waals surface area contributed by atoms with Gasteiger partial charge in [-0.25, -0.2) is 4.79 Å². The van der Waals surface area contributed by atoms with Crippen LogP contribution in [0.1, 0.15) is 19.4 Å². The van der Waals surface area contributed by atoms with Crippen molar-refractivity contribution in [3.8, 4) is 11.5 Å². The molecule has 0 bridgehead atoms. The fourth-order valence-electron chi connectivity index (χ4n) is 1.35. The fraction of sp³-hybridized carbons (Fsp3) is 0.333. The van der Waals surface area contributed by atoms with Gasteiger partial charge in [-0.3, -0.25) is 4.79 Å². The maximum absolute atomic E-state index is 11.0. The zero-order chi connectivity index (χ0) is 13.9. The van der Waals surface area contributed by atoms with E-state index in [0.29, 0.717) is 5.56 Å². The molecular formula is C12H15NO5. The number of aliphatic carboxylic acids is 1. The van der Waals surface area contributed by atoms with Crippen LogP contribution in [0.5, 0.6) is 11.5 Å². The lowest BCUT2D eigenvalue weighted by atomic mass is 9.93. The van der Waals surface area contributed by atoms with Crippen LogP contribution in [0.2, 0.25) is 0 Å². The van der Waals surface area contributed by atoms with E-state index in [2.05, 4.69) is 0 Å². The Morgan fingerprint density at radius 1 is 1.33 bits per heavy atom. The molecule has 3 N–H and O–H groups in total. The summed E-state index contributed by atoms with van der Waals surface area (Å²) in [5, 5.41) is 9.02. The van der Waals surface area contributed by atoms with E-state index >= 15 is 0 Å². The Morgan fingerprint density at radius 3 is 2.39 bits per heavy atom. The van der Waals surface area contributed by atoms with Gasteiger partial charge in [0.15, 0.2) is 11.5 Å². The summed E-state index contributed by atoms with van der Waals surface area (Å²) < 4.78 is 9.95. The maximum Gasteiger partial charge on any atom is 0.328 e. The Bertz CT molecular complexity index is 481. The van der Waals surface area contributed by atoms with Crippen LogP contribution in [0.3, 0.4) is 0 Å². The molecule has 0 spiro atoms. The first-order chi connectivity index (χ1) is 8.28. The molecule has 0 radical (unpaired) electrons. The lowest BCUT2D eigenvalue weighted by molar-refractivity contribution is -0.143. The third-order valence-electron chi connectivity index (χ3n) is 2.46. The smallest absolute Gasteiger partial charge is 0.328 e. The summed E-state index contributed by atoms with van der Waals surface area (Å²) in [6, 6.07) is 4.37. The number of esters is 1. The first kappa shape index (κ1) is 14.0. The van der Waals surface area contributed by atoms with Crippen molar-refractivity contribution in [2.75, 3.05) is 7.11 Å². The first-order valence-corrected chi connectivity index (χ1v) is 5.18. The molecule has 0 aliphatic rings. The number of rotatable bonds is 4. The van der Waals surface area contributed by atoms with E-state index in [0.717, 1.165) is 0 Å². The number of methoxy groups -OCH3 is 1. The summed E-state index contributed by atoms with van der Waals surface area (Å²) in [4.78, 5) is 21.9. The van der Waals surface area contributed by atoms with Crippen LogP contribution in [0.4, 0.5) is 0 Å². The van der Waals surface area contributed by atoms with E-state index in [4.69, 9.17) is 20.3 Å². The zero-order valence-electron chi connectivity index (χ0n) is 10.4. The number of carbonyl (C=O) groups excluding carboxylic acids is 1. The van der Waals surface area contributed by atoms with Crippen molar-refractivity contribution in [1.82, 2.24) is 0 Å². The molecule has 0 fully saturated rings. The quantitative estimate of drug-likeness (QED) is 0.610. The van der Waals surface area contributed by atoms with E-state index < -0.39 is 17.5 Å². The predicted molar refractivity (Wildman–Crippen MR) is 63.5 cm³/mol. The highest BCUT2D eigenvalue weighted by molar-refractivity contribution is 5.80. The van der Waals surface area contributed by atoms with Gasteiger partial charge in [-0.2, -0.15) is 0 Å². The van der Waals surface area contributed by atoms with Gasteiger partial charge in [0.2, 0.25) is 0 Å². The largest absolute Gasteiger partial charge is 0.493 e. The minimum Gasteiger partial charge on any atom is -0.493 e. The number of carboxylic acids is 1. The van der Waals surface area contributed by atoms with Gasteiger partial charge < -0.3 is 20.3 Å². The highest BCUT2D eigenvalue weighted by atomic mass is 16.6. The summed E-state index contributed by atoms with van der Waals surface area (Å²) in [7, 11) is 1.39. The lowest BCUT2D eigenvalue weighted by Crippen LogP contribution is -2.41. The number of carboxylic acid groups (broad SMARTS) is 1. The van der Waals surface area contributed by atoms with E-state index in [-0.39, 0.29) is 11.5 Å². The minimum atomic E-state index is -1.54. The van der Waals surface area contributed by atoms with E-state index in [9.17, 15) is 9.59 Å². The fourth-order valence-corrected chi connectivity index (χ4v) is 1.35. The highest BCUT2D eigenvalue weighted by Crippen LogP contribution is 2.31. The molecule has 1 aromatic carbocycles. The molecule has 1 unspecified atom stereocenters. The average molecular weight is 253 g/mol. The number of ether oxygens (including phenoxy) is 2. The van der Waals surface area contributed by atoms with Crippen LogP contribution in [-0.4, -0.2) is 24.2 Å². The minimum absolute atomic E-state index is 0.218. The zero-order valence-corrected chi connectivity index (χ0v) is 10.4. The molecule has 0 heterocycles. The van der Waals surface area contributed by atoms with Gasteiger partial charge >= 0.3 is 11.9 Å². The van der Waals surface area contributed by atoms with Crippen molar-refractivity contribution in [2.45, 2.75) is 19.4 Å². The second-order valence-electron chi connectivity index (χ2n) is 3.97. The van der Waals surface area contributed by atoms with Gasteiger partial charge in [0.25, 0.3) is 0 Å². The molecule has 0 aliphatic heterocycles. The Morgan fingerprint density at radius 2 is 1.94 bits per heavy atom. The Kier molecular flexibility index (Phi) is 3.93. The van der Waals surface area contributed by atoms with Gasteiger partial charge in [-0.15, -0.1) is 0 Å². The SMILES string of the molecule is COc1cc(C(C)(N)C(=O)O)ccc1OC(C)=O. The Hall–Kier alpha value is -2.08. The Labute approximate surface area is 104 Å². The molecule has 0 saturated carbocycles. The number of carbonyl (C=O) groups is 2. The molecule has 1 aromatic rings. The molecule has 0 amide bonds. The van der Waals surface area contributed by atoms with Gasteiger partial charge in [0.1, 0.15) is 5.54 Å². The molecule has 1 atom stereocenters. The maximum atomic E-state index is 11.0. The van der Waals surface area contributed by atoms with Crippen LogP contribution < -0.4 is 15.2 Å². The summed E-state index contributed by atoms with van der Waals surface area (Å²) in [6.45, 7) is 2.63. The van der Waals surface area contributed by atoms with Gasteiger partial charge in [-0.1, -0.05) is 6.07 Å². The second-order valence-corrected chi connectivity index (χ2v) is 3.97. The number of benzene rings is 1. The molecule has 1 rings (SSSR count). The van der Waals surface area contributed by atoms with Crippen LogP contribution >= 0.6 is 0 Å². The first-order valence-electron chi connectivity index (χ1n) is 5.18. The normalized spacial score (nSPS) is 13.6. The van der Waals surface area contributed by atoms with E-state index in [1.165, 1.54) is 39.2 Å². The molecule has 0 saturated heterocycles. The summed E-state index contributed by atoms with van der Waals surface area (Å²) in [5.74, 6) is -1.19. The standard InChI is InChI=1S/C12H15NO5/c1-7(14)18-9-5-4-8(6-10(9)17-3)12(2,13)11(15)16/h4-6H,13H2,1-3H3,(H,15,16). The molecule has 0 aliphatic carbocycles. The summed E-state index contributed by atoms with van der Waals surface area (Å²) >= 11 is 0. The summed E-state index contributed by atoms with van der Waals surface area (Å²) in [6.07, 6.45) is 0. The van der Waals surface area contributed by atoms with E-state index in [1.54, 1.807) is 0 Å². The predicted octanol–water partition coefficient (Wildman–Crippen LogP) is 0.879. The average Bonchev–Trinajstić information content (AvgIpc) is 2.28. The van der Waals surface area contributed by atoms with Crippen molar-refractivity contribution >= 4 is 11.9 Å². The van der Waals surface area contributed by atoms with Crippen molar-refractivity contribution in [1.29, 1.82) is 0 Å². The molecule has 6 heteroatoms. The van der Waals surface area contributed by atoms with Gasteiger partial charge in [0, 0.05) is 6.92 Å². The number of hydrogen-bond acceptors (Lipinski definition) is 5. The monoisotopic (exact) mass is 253 g/mol. The van der Waals surface area contributed by atoms with Gasteiger partial charge in [0.05, 0.1) is 7.11 Å². The van der Waals surface area contributed by atoms with Crippen molar-refractivity contribution in [3.05, 3.63) is 23.8 Å². The van der Waals surface area contributed by atoms with Crippen LogP contribution in [0.25, 0.3) is 0 Å². The third kappa shape index (κ3) is 2.78. The molecular weight excluding hydrogens is 238 g/mol. The second kappa shape index (κ2) is 5.05. The van der Waals surface area contributed by atoms with Crippen LogP contribution in [0, 0.1) is 0 Å². The third-order valence-corrected chi connectivity index (χ3v) is 2.46. The van der Waals surface area contributed by atoms with Crippen molar-refractivity contribution in [3.63, 3.8) is 0 Å². The Balaban J connectivity index is 3.21. The lowest BCUT2D eigenvalue weighted by Gasteiger charge is -2.21. The molecule has 18 heavy (non-hydrogen) atoms. The molecule has 6 nitrogen and oxygen atoms in total. The summed E-state index contributed by atoms with van der Waals surface area (Å²) in [5.41, 5.74) is 4.50. The van der Waals surface area contributed by atoms with Gasteiger partial charge in [-0.05, 0) is 24.6 Å². The molecule has 98 valence electrons. The highest BCUT2D eigenvalue weighted by Gasteiger charge is 2.31. The number of nitrogens with two attached hydrogens (primary N) is 1. The van der Waals surface area contributed by atoms with Crippen LogP contribution in [0.15, 0.2) is 18.2 Å². The van der Waals surface area contributed by atoms with E-state index in [1.807, 2.05) is 0 Å².